The quantitative estimate of drug-likeness (QED) is 0.544. The lowest BCUT2D eigenvalue weighted by Crippen LogP contribution is -2.38. The van der Waals surface area contributed by atoms with E-state index in [1.54, 1.807) is 25.3 Å². The van der Waals surface area contributed by atoms with Gasteiger partial charge in [0.05, 0.1) is 13.7 Å². The second kappa shape index (κ2) is 8.79. The molecule has 1 aliphatic rings. The predicted molar refractivity (Wildman–Crippen MR) is 88.0 cm³/mol. The zero-order chi connectivity index (χ0) is 15.8. The molecule has 22 heavy (non-hydrogen) atoms. The summed E-state index contributed by atoms with van der Waals surface area (Å²) in [6.07, 6.45) is 7.03. The van der Waals surface area contributed by atoms with E-state index in [1.807, 2.05) is 0 Å². The van der Waals surface area contributed by atoms with Gasteiger partial charge < -0.3 is 14.4 Å². The smallest absolute Gasteiger partial charge is 0.161 e. The number of aldehydes is 1. The number of unbranched alkanes of at least 4 members (excludes halogenated alkanes) is 1. The Balaban J connectivity index is 1.71. The molecule has 1 aliphatic heterocycles. The van der Waals surface area contributed by atoms with Gasteiger partial charge >= 0.3 is 0 Å². The summed E-state index contributed by atoms with van der Waals surface area (Å²) in [7, 11) is 1.59. The predicted octanol–water partition coefficient (Wildman–Crippen LogP) is 3.54. The molecule has 0 N–H and O–H groups in total. The van der Waals surface area contributed by atoms with Gasteiger partial charge in [0.1, 0.15) is 6.29 Å². The number of hydrogen-bond acceptors (Lipinski definition) is 4. The Morgan fingerprint density at radius 3 is 2.86 bits per heavy atom. The molecule has 1 heterocycles. The molecule has 1 aromatic rings. The molecule has 1 fully saturated rings. The molecule has 1 saturated heterocycles. The molecule has 0 unspecified atom stereocenters. The van der Waals surface area contributed by atoms with Gasteiger partial charge in [0.25, 0.3) is 0 Å². The van der Waals surface area contributed by atoms with Gasteiger partial charge in [-0.25, -0.2) is 0 Å². The average molecular weight is 305 g/mol. The maximum atomic E-state index is 10.8. The third-order valence-electron chi connectivity index (χ3n) is 4.36. The highest BCUT2D eigenvalue weighted by atomic mass is 16.5. The number of hydrogen-bond donors (Lipinski definition) is 0. The molecular weight excluding hydrogens is 278 g/mol. The van der Waals surface area contributed by atoms with Crippen molar-refractivity contribution in [2.24, 2.45) is 0 Å². The van der Waals surface area contributed by atoms with Crippen molar-refractivity contribution in [1.29, 1.82) is 0 Å². The molecule has 0 radical (unpaired) electrons. The summed E-state index contributed by atoms with van der Waals surface area (Å²) in [6, 6.07) is 5.98. The fourth-order valence-electron chi connectivity index (χ4n) is 2.97. The first-order chi connectivity index (χ1) is 10.7. The Labute approximate surface area is 133 Å². The van der Waals surface area contributed by atoms with Crippen LogP contribution in [0, 0.1) is 0 Å². The van der Waals surface area contributed by atoms with Crippen LogP contribution in [0.15, 0.2) is 18.2 Å². The molecule has 0 spiro atoms. The first-order valence-corrected chi connectivity index (χ1v) is 8.24. The lowest BCUT2D eigenvalue weighted by molar-refractivity contribution is 0.112. The molecule has 2 rings (SSSR count). The molecule has 0 bridgehead atoms. The number of ether oxygens (including phenoxy) is 2. The van der Waals surface area contributed by atoms with Crippen LogP contribution in [0.3, 0.4) is 0 Å². The van der Waals surface area contributed by atoms with Crippen molar-refractivity contribution in [2.45, 2.75) is 45.1 Å². The monoisotopic (exact) mass is 305 g/mol. The fourth-order valence-corrected chi connectivity index (χ4v) is 2.97. The SMILES string of the molecule is COc1cc(C=O)ccc1OCCCCN1CCCC[C@@H]1C. The minimum absolute atomic E-state index is 0.600. The normalized spacial score (nSPS) is 18.9. The Kier molecular flexibility index (Phi) is 6.72. The maximum Gasteiger partial charge on any atom is 0.161 e. The van der Waals surface area contributed by atoms with Crippen LogP contribution in [0.25, 0.3) is 0 Å². The van der Waals surface area contributed by atoms with Crippen molar-refractivity contribution in [1.82, 2.24) is 4.90 Å². The number of carbonyl (C=O) groups is 1. The molecule has 0 aliphatic carbocycles. The topological polar surface area (TPSA) is 38.8 Å². The summed E-state index contributed by atoms with van der Waals surface area (Å²) in [5.41, 5.74) is 0.600. The second-order valence-corrected chi connectivity index (χ2v) is 5.96. The van der Waals surface area contributed by atoms with Gasteiger partial charge in [0.15, 0.2) is 11.5 Å². The third-order valence-corrected chi connectivity index (χ3v) is 4.36. The van der Waals surface area contributed by atoms with Crippen LogP contribution in [-0.4, -0.2) is 44.0 Å². The molecule has 0 aromatic heterocycles. The highest BCUT2D eigenvalue weighted by Gasteiger charge is 2.17. The highest BCUT2D eigenvalue weighted by Crippen LogP contribution is 2.27. The van der Waals surface area contributed by atoms with Crippen molar-refractivity contribution >= 4 is 6.29 Å². The molecular formula is C18H27NO3. The van der Waals surface area contributed by atoms with E-state index < -0.39 is 0 Å². The number of nitrogens with zero attached hydrogens (tertiary/aromatic N) is 1. The molecule has 1 aromatic carbocycles. The van der Waals surface area contributed by atoms with E-state index in [0.717, 1.165) is 31.7 Å². The number of carbonyl (C=O) groups excluding carboxylic acids is 1. The third kappa shape index (κ3) is 4.73. The molecule has 4 nitrogen and oxygen atoms in total. The van der Waals surface area contributed by atoms with Gasteiger partial charge in [-0.3, -0.25) is 4.79 Å². The van der Waals surface area contributed by atoms with E-state index in [9.17, 15) is 4.79 Å². The van der Waals surface area contributed by atoms with E-state index in [-0.39, 0.29) is 0 Å². The number of likely N-dealkylation sites (tertiary alicyclic amines) is 1. The zero-order valence-electron chi connectivity index (χ0n) is 13.7. The second-order valence-electron chi connectivity index (χ2n) is 5.96. The largest absolute Gasteiger partial charge is 0.493 e. The number of benzene rings is 1. The van der Waals surface area contributed by atoms with E-state index >= 15 is 0 Å². The maximum absolute atomic E-state index is 10.8. The Morgan fingerprint density at radius 1 is 1.27 bits per heavy atom. The van der Waals surface area contributed by atoms with Crippen LogP contribution >= 0.6 is 0 Å². The van der Waals surface area contributed by atoms with Crippen LogP contribution in [-0.2, 0) is 0 Å². The van der Waals surface area contributed by atoms with Crippen molar-refractivity contribution < 1.29 is 14.3 Å². The fraction of sp³-hybridized carbons (Fsp3) is 0.611. The Bertz CT molecular complexity index is 475. The molecule has 0 amide bonds. The lowest BCUT2D eigenvalue weighted by atomic mass is 10.0. The first-order valence-electron chi connectivity index (χ1n) is 8.24. The van der Waals surface area contributed by atoms with E-state index in [0.29, 0.717) is 23.7 Å². The van der Waals surface area contributed by atoms with Crippen molar-refractivity contribution in [3.05, 3.63) is 23.8 Å². The first kappa shape index (κ1) is 16.8. The van der Waals surface area contributed by atoms with Crippen LogP contribution in [0.4, 0.5) is 0 Å². The summed E-state index contributed by atoms with van der Waals surface area (Å²) in [4.78, 5) is 13.3. The van der Waals surface area contributed by atoms with Crippen molar-refractivity contribution in [2.75, 3.05) is 26.8 Å². The van der Waals surface area contributed by atoms with Crippen LogP contribution in [0.1, 0.15) is 49.4 Å². The summed E-state index contributed by atoms with van der Waals surface area (Å²) < 4.78 is 11.0. The van der Waals surface area contributed by atoms with Gasteiger partial charge in [0.2, 0.25) is 0 Å². The number of piperidine rings is 1. The minimum Gasteiger partial charge on any atom is -0.493 e. The minimum atomic E-state index is 0.600. The Morgan fingerprint density at radius 2 is 2.14 bits per heavy atom. The Hall–Kier alpha value is -1.55. The summed E-state index contributed by atoms with van der Waals surface area (Å²) >= 11 is 0. The number of methoxy groups -OCH3 is 1. The van der Waals surface area contributed by atoms with Gasteiger partial charge in [-0.05, 0) is 63.9 Å². The summed E-state index contributed by atoms with van der Waals surface area (Å²) in [5.74, 6) is 1.33. The lowest BCUT2D eigenvalue weighted by Gasteiger charge is -2.33. The van der Waals surface area contributed by atoms with Gasteiger partial charge in [0, 0.05) is 11.6 Å². The van der Waals surface area contributed by atoms with Gasteiger partial charge in [-0.15, -0.1) is 0 Å². The van der Waals surface area contributed by atoms with Crippen molar-refractivity contribution in [3.63, 3.8) is 0 Å². The highest BCUT2D eigenvalue weighted by molar-refractivity contribution is 5.76. The number of rotatable bonds is 8. The van der Waals surface area contributed by atoms with Crippen LogP contribution < -0.4 is 9.47 Å². The summed E-state index contributed by atoms with van der Waals surface area (Å²) in [6.45, 7) is 5.41. The molecule has 0 saturated carbocycles. The van der Waals surface area contributed by atoms with E-state index in [4.69, 9.17) is 9.47 Å². The molecule has 1 atom stereocenters. The van der Waals surface area contributed by atoms with Gasteiger partial charge in [-0.1, -0.05) is 6.42 Å². The van der Waals surface area contributed by atoms with E-state index in [2.05, 4.69) is 11.8 Å². The van der Waals surface area contributed by atoms with E-state index in [1.165, 1.54) is 25.8 Å². The zero-order valence-corrected chi connectivity index (χ0v) is 13.7. The molecule has 122 valence electrons. The van der Waals surface area contributed by atoms with Crippen LogP contribution in [0.5, 0.6) is 11.5 Å². The van der Waals surface area contributed by atoms with Gasteiger partial charge in [-0.2, -0.15) is 0 Å². The molecule has 4 heteroatoms. The summed E-state index contributed by atoms with van der Waals surface area (Å²) in [5, 5.41) is 0. The average Bonchev–Trinajstić information content (AvgIpc) is 2.56. The van der Waals surface area contributed by atoms with Crippen molar-refractivity contribution in [3.8, 4) is 11.5 Å². The standard InChI is InChI=1S/C18H27NO3/c1-15-7-3-4-10-19(15)11-5-6-12-22-17-9-8-16(14-20)13-18(17)21-2/h8-9,13-15H,3-7,10-12H2,1-2H3/t15-/m0/s1. The van der Waals surface area contributed by atoms with Crippen LogP contribution in [0.2, 0.25) is 0 Å².